The van der Waals surface area contributed by atoms with E-state index < -0.39 is 29.8 Å². The molecule has 0 aliphatic heterocycles. The number of nitro groups is 1. The second kappa shape index (κ2) is 8.37. The number of rotatable bonds is 6. The van der Waals surface area contributed by atoms with Crippen LogP contribution in [0.4, 0.5) is 11.4 Å². The Hall–Kier alpha value is -3.04. The minimum atomic E-state index is -0.965. The van der Waals surface area contributed by atoms with Crippen LogP contribution in [-0.4, -0.2) is 34.9 Å². The number of hydrogen-bond donors (Lipinski definition) is 2. The average Bonchev–Trinajstić information content (AvgIpc) is 2.62. The molecule has 8 nitrogen and oxygen atoms in total. The van der Waals surface area contributed by atoms with Crippen LogP contribution in [0.5, 0.6) is 0 Å². The van der Waals surface area contributed by atoms with Crippen LogP contribution < -0.4 is 10.1 Å². The fourth-order valence-corrected chi connectivity index (χ4v) is 2.48. The molecule has 0 spiro atoms. The molecule has 1 atom stereocenters. The van der Waals surface area contributed by atoms with Crippen molar-refractivity contribution in [1.29, 1.82) is 0 Å². The lowest BCUT2D eigenvalue weighted by Gasteiger charge is -2.25. The van der Waals surface area contributed by atoms with Crippen molar-refractivity contribution in [1.82, 2.24) is 5.23 Å². The third-order valence-electron chi connectivity index (χ3n) is 3.63. The van der Waals surface area contributed by atoms with Crippen LogP contribution in [0.25, 0.3) is 0 Å². The van der Waals surface area contributed by atoms with E-state index in [0.717, 1.165) is 4.90 Å². The topological polar surface area (TPSA) is 113 Å². The van der Waals surface area contributed by atoms with Gasteiger partial charge in [-0.3, -0.25) is 19.7 Å². The SMILES string of the molecule is CB(O)N[C@@H](C)C(=O)N(C(=O)c1ccccc1[N+](=O)[O-])c1ccccc1. The standard InChI is InChI=1S/C17H18BN3O5/c1-12(19-18(2)24)16(22)20(13-8-4-3-5-9-13)17(23)14-10-6-7-11-15(14)21(25)26/h3-12,19,24H,1-2H3/t12-/m0/s1. The summed E-state index contributed by atoms with van der Waals surface area (Å²) < 4.78 is 0. The summed E-state index contributed by atoms with van der Waals surface area (Å²) in [4.78, 5) is 37.3. The molecule has 26 heavy (non-hydrogen) atoms. The van der Waals surface area contributed by atoms with E-state index in [-0.39, 0.29) is 16.9 Å². The fraction of sp³-hybridized carbons (Fsp3) is 0.176. The smallest absolute Gasteiger partial charge is 0.374 e. The second-order valence-electron chi connectivity index (χ2n) is 5.65. The first-order valence-corrected chi connectivity index (χ1v) is 7.93. The molecule has 0 bridgehead atoms. The first kappa shape index (κ1) is 19.3. The number of anilines is 1. The van der Waals surface area contributed by atoms with Crippen molar-refractivity contribution in [3.8, 4) is 0 Å². The minimum absolute atomic E-state index is 0.195. The summed E-state index contributed by atoms with van der Waals surface area (Å²) in [7, 11) is -0.965. The quantitative estimate of drug-likeness (QED) is 0.465. The maximum atomic E-state index is 13.0. The number of imide groups is 1. The van der Waals surface area contributed by atoms with Crippen LogP contribution in [0.2, 0.25) is 6.82 Å². The van der Waals surface area contributed by atoms with Gasteiger partial charge in [0.15, 0.2) is 0 Å². The van der Waals surface area contributed by atoms with E-state index in [2.05, 4.69) is 5.23 Å². The Morgan fingerprint density at radius 2 is 1.73 bits per heavy atom. The van der Waals surface area contributed by atoms with Crippen LogP contribution >= 0.6 is 0 Å². The molecular formula is C17H18BN3O5. The zero-order chi connectivity index (χ0) is 19.3. The lowest BCUT2D eigenvalue weighted by atomic mass is 9.87. The van der Waals surface area contributed by atoms with Crippen LogP contribution in [-0.2, 0) is 4.79 Å². The third-order valence-corrected chi connectivity index (χ3v) is 3.63. The lowest BCUT2D eigenvalue weighted by molar-refractivity contribution is -0.385. The molecule has 9 heteroatoms. The van der Waals surface area contributed by atoms with Gasteiger partial charge in [-0.15, -0.1) is 0 Å². The van der Waals surface area contributed by atoms with Gasteiger partial charge >= 0.3 is 7.05 Å². The highest BCUT2D eigenvalue weighted by Gasteiger charge is 2.32. The van der Waals surface area contributed by atoms with Crippen LogP contribution in [0.1, 0.15) is 17.3 Å². The highest BCUT2D eigenvalue weighted by atomic mass is 16.6. The van der Waals surface area contributed by atoms with Gasteiger partial charge in [-0.2, -0.15) is 0 Å². The van der Waals surface area contributed by atoms with Crippen molar-refractivity contribution in [2.24, 2.45) is 0 Å². The van der Waals surface area contributed by atoms with Crippen molar-refractivity contribution in [3.05, 3.63) is 70.3 Å². The molecule has 0 saturated carbocycles. The van der Waals surface area contributed by atoms with Crippen molar-refractivity contribution in [2.45, 2.75) is 19.8 Å². The Morgan fingerprint density at radius 1 is 1.15 bits per heavy atom. The summed E-state index contributed by atoms with van der Waals surface area (Å²) in [5, 5.41) is 23.3. The maximum absolute atomic E-state index is 13.0. The maximum Gasteiger partial charge on any atom is 0.374 e. The number of amides is 2. The molecule has 2 amide bonds. The van der Waals surface area contributed by atoms with Gasteiger partial charge in [-0.1, -0.05) is 30.3 Å². The summed E-state index contributed by atoms with van der Waals surface area (Å²) in [5.74, 6) is -1.45. The van der Waals surface area contributed by atoms with E-state index >= 15 is 0 Å². The zero-order valence-electron chi connectivity index (χ0n) is 14.3. The number of carbonyl (C=O) groups is 2. The van der Waals surface area contributed by atoms with Gasteiger partial charge < -0.3 is 10.3 Å². The molecule has 0 radical (unpaired) electrons. The Labute approximate surface area is 150 Å². The molecule has 0 heterocycles. The van der Waals surface area contributed by atoms with Gasteiger partial charge in [-0.05, 0) is 31.9 Å². The molecule has 0 fully saturated rings. The van der Waals surface area contributed by atoms with Crippen molar-refractivity contribution in [2.75, 3.05) is 4.90 Å². The predicted molar refractivity (Wildman–Crippen MR) is 97.8 cm³/mol. The number of nitrogens with one attached hydrogen (secondary N) is 1. The summed E-state index contributed by atoms with van der Waals surface area (Å²) >= 11 is 0. The average molecular weight is 355 g/mol. The van der Waals surface area contributed by atoms with Crippen molar-refractivity contribution >= 4 is 30.2 Å². The fourth-order valence-electron chi connectivity index (χ4n) is 2.48. The van der Waals surface area contributed by atoms with E-state index in [4.69, 9.17) is 0 Å². The summed E-state index contributed by atoms with van der Waals surface area (Å²) in [5.41, 5.74) is -0.304. The van der Waals surface area contributed by atoms with Crippen molar-refractivity contribution < 1.29 is 19.5 Å². The summed E-state index contributed by atoms with van der Waals surface area (Å²) in [6.45, 7) is 2.94. The van der Waals surface area contributed by atoms with Gasteiger partial charge in [-0.25, -0.2) is 4.90 Å². The van der Waals surface area contributed by atoms with Gasteiger partial charge in [0, 0.05) is 6.07 Å². The highest BCUT2D eigenvalue weighted by molar-refractivity contribution is 6.46. The molecule has 2 aromatic carbocycles. The number of nitro benzene ring substituents is 1. The largest absolute Gasteiger partial charge is 0.437 e. The predicted octanol–water partition coefficient (Wildman–Crippen LogP) is 1.86. The Kier molecular flexibility index (Phi) is 6.21. The number of hydrogen-bond acceptors (Lipinski definition) is 6. The third kappa shape index (κ3) is 4.32. The molecule has 0 saturated heterocycles. The van der Waals surface area contributed by atoms with E-state index in [1.165, 1.54) is 38.0 Å². The summed E-state index contributed by atoms with van der Waals surface area (Å²) in [6.07, 6.45) is 0. The monoisotopic (exact) mass is 355 g/mol. The molecule has 0 aliphatic carbocycles. The molecule has 2 aromatic rings. The molecule has 0 aliphatic rings. The highest BCUT2D eigenvalue weighted by Crippen LogP contribution is 2.24. The number of carbonyl (C=O) groups excluding carboxylic acids is 2. The molecule has 2 N–H and O–H groups in total. The van der Waals surface area contributed by atoms with Gasteiger partial charge in [0.2, 0.25) is 5.91 Å². The van der Waals surface area contributed by atoms with E-state index in [1.807, 2.05) is 0 Å². The van der Waals surface area contributed by atoms with Crippen LogP contribution in [0.15, 0.2) is 54.6 Å². The molecule has 2 rings (SSSR count). The first-order valence-electron chi connectivity index (χ1n) is 7.93. The molecular weight excluding hydrogens is 337 g/mol. The van der Waals surface area contributed by atoms with E-state index in [9.17, 15) is 24.7 Å². The van der Waals surface area contributed by atoms with Gasteiger partial charge in [0.05, 0.1) is 16.7 Å². The first-order chi connectivity index (χ1) is 12.3. The molecule has 134 valence electrons. The molecule has 0 aromatic heterocycles. The summed E-state index contributed by atoms with van der Waals surface area (Å²) in [6, 6.07) is 12.7. The van der Waals surface area contributed by atoms with Gasteiger partial charge in [0.1, 0.15) is 5.56 Å². The van der Waals surface area contributed by atoms with Crippen LogP contribution in [0, 0.1) is 10.1 Å². The Bertz CT molecular complexity index is 813. The number of nitrogens with zero attached hydrogens (tertiary/aromatic N) is 2. The lowest BCUT2D eigenvalue weighted by Crippen LogP contribution is -2.51. The number of para-hydroxylation sites is 2. The second-order valence-corrected chi connectivity index (χ2v) is 5.65. The molecule has 0 unspecified atom stereocenters. The van der Waals surface area contributed by atoms with E-state index in [1.54, 1.807) is 30.3 Å². The van der Waals surface area contributed by atoms with Gasteiger partial charge in [0.25, 0.3) is 11.6 Å². The van der Waals surface area contributed by atoms with Crippen LogP contribution in [0.3, 0.4) is 0 Å². The minimum Gasteiger partial charge on any atom is -0.437 e. The van der Waals surface area contributed by atoms with E-state index in [0.29, 0.717) is 0 Å². The zero-order valence-corrected chi connectivity index (χ0v) is 14.3. The normalized spacial score (nSPS) is 11.5. The number of benzene rings is 2. The Morgan fingerprint density at radius 3 is 2.31 bits per heavy atom. The van der Waals surface area contributed by atoms with Crippen molar-refractivity contribution in [3.63, 3.8) is 0 Å². The Balaban J connectivity index is 2.50.